The molecule has 2 heteroatoms. The third kappa shape index (κ3) is 2.81. The maximum Gasteiger partial charge on any atom is 0.126 e. The molecule has 1 N–H and O–H groups in total. The lowest BCUT2D eigenvalue weighted by Crippen LogP contribution is -2.00. The van der Waals surface area contributed by atoms with Crippen LogP contribution in [-0.4, -0.2) is 4.98 Å². The third-order valence-electron chi connectivity index (χ3n) is 2.26. The van der Waals surface area contributed by atoms with E-state index in [2.05, 4.69) is 41.5 Å². The van der Waals surface area contributed by atoms with Gasteiger partial charge in [-0.2, -0.15) is 0 Å². The van der Waals surface area contributed by atoms with E-state index in [4.69, 9.17) is 0 Å². The molecule has 2 aromatic rings. The number of nitrogens with zero attached hydrogens (tertiary/aromatic N) is 1. The molecule has 0 fully saturated rings. The van der Waals surface area contributed by atoms with Gasteiger partial charge in [0.05, 0.1) is 0 Å². The summed E-state index contributed by atoms with van der Waals surface area (Å²) >= 11 is 0. The van der Waals surface area contributed by atoms with E-state index < -0.39 is 0 Å². The van der Waals surface area contributed by atoms with Crippen molar-refractivity contribution in [2.24, 2.45) is 0 Å². The molecule has 76 valence electrons. The standard InChI is InChI=1S/C13H14N2/c1-11-5-7-12(8-6-11)10-15-13-4-2-3-9-14-13/h2-9H,10H2,1H3,(H,14,15). The van der Waals surface area contributed by atoms with Gasteiger partial charge < -0.3 is 5.32 Å². The van der Waals surface area contributed by atoms with E-state index in [9.17, 15) is 0 Å². The van der Waals surface area contributed by atoms with E-state index in [-0.39, 0.29) is 0 Å². The number of benzene rings is 1. The minimum atomic E-state index is 0.817. The van der Waals surface area contributed by atoms with Crippen LogP contribution < -0.4 is 5.32 Å². The van der Waals surface area contributed by atoms with Crippen LogP contribution >= 0.6 is 0 Å². The molecular weight excluding hydrogens is 184 g/mol. The number of hydrogen-bond acceptors (Lipinski definition) is 2. The monoisotopic (exact) mass is 198 g/mol. The Morgan fingerprint density at radius 2 is 1.87 bits per heavy atom. The van der Waals surface area contributed by atoms with Gasteiger partial charge in [0.2, 0.25) is 0 Å². The van der Waals surface area contributed by atoms with E-state index in [1.807, 2.05) is 18.2 Å². The lowest BCUT2D eigenvalue weighted by molar-refractivity contribution is 1.11. The number of hydrogen-bond donors (Lipinski definition) is 1. The summed E-state index contributed by atoms with van der Waals surface area (Å²) in [4.78, 5) is 4.20. The van der Waals surface area contributed by atoms with Crippen molar-refractivity contribution in [3.8, 4) is 0 Å². The maximum atomic E-state index is 4.20. The zero-order chi connectivity index (χ0) is 10.5. The van der Waals surface area contributed by atoms with E-state index in [0.717, 1.165) is 12.4 Å². The SMILES string of the molecule is Cc1ccc(CNc2ccccn2)cc1. The van der Waals surface area contributed by atoms with Crippen LogP contribution in [0.5, 0.6) is 0 Å². The number of anilines is 1. The van der Waals surface area contributed by atoms with Crippen LogP contribution in [0.2, 0.25) is 0 Å². The van der Waals surface area contributed by atoms with Gasteiger partial charge >= 0.3 is 0 Å². The Hall–Kier alpha value is -1.83. The zero-order valence-electron chi connectivity index (χ0n) is 8.77. The summed E-state index contributed by atoms with van der Waals surface area (Å²) in [5.74, 6) is 0.915. The van der Waals surface area contributed by atoms with Crippen molar-refractivity contribution in [2.75, 3.05) is 5.32 Å². The van der Waals surface area contributed by atoms with Gasteiger partial charge in [-0.15, -0.1) is 0 Å². The number of nitrogens with one attached hydrogen (secondary N) is 1. The molecule has 0 unspecified atom stereocenters. The highest BCUT2D eigenvalue weighted by Gasteiger charge is 1.93. The fourth-order valence-electron chi connectivity index (χ4n) is 1.37. The number of rotatable bonds is 3. The molecule has 2 rings (SSSR count). The molecular formula is C13H14N2. The average molecular weight is 198 g/mol. The smallest absolute Gasteiger partial charge is 0.126 e. The molecule has 1 aromatic carbocycles. The number of pyridine rings is 1. The second-order valence-corrected chi connectivity index (χ2v) is 3.55. The molecule has 0 spiro atoms. The largest absolute Gasteiger partial charge is 0.366 e. The molecule has 0 aliphatic heterocycles. The first-order valence-electron chi connectivity index (χ1n) is 5.05. The van der Waals surface area contributed by atoms with Crippen molar-refractivity contribution in [1.29, 1.82) is 0 Å². The van der Waals surface area contributed by atoms with Crippen molar-refractivity contribution in [3.63, 3.8) is 0 Å². The van der Waals surface area contributed by atoms with Crippen molar-refractivity contribution in [2.45, 2.75) is 13.5 Å². The lowest BCUT2D eigenvalue weighted by atomic mass is 10.1. The summed E-state index contributed by atoms with van der Waals surface area (Å²) in [6, 6.07) is 14.4. The van der Waals surface area contributed by atoms with Gasteiger partial charge in [-0.25, -0.2) is 4.98 Å². The van der Waals surface area contributed by atoms with Gasteiger partial charge in [-0.3, -0.25) is 0 Å². The second-order valence-electron chi connectivity index (χ2n) is 3.55. The van der Waals surface area contributed by atoms with Crippen molar-refractivity contribution in [3.05, 3.63) is 59.8 Å². The van der Waals surface area contributed by atoms with Crippen LogP contribution in [0.15, 0.2) is 48.7 Å². The van der Waals surface area contributed by atoms with E-state index in [1.165, 1.54) is 11.1 Å². The van der Waals surface area contributed by atoms with E-state index in [1.54, 1.807) is 6.20 Å². The molecule has 0 aliphatic carbocycles. The molecule has 2 nitrogen and oxygen atoms in total. The summed E-state index contributed by atoms with van der Waals surface area (Å²) in [6.07, 6.45) is 1.79. The molecule has 0 aliphatic rings. The Bertz CT molecular complexity index is 406. The molecule has 0 saturated carbocycles. The Kier molecular flexibility index (Phi) is 2.98. The number of aryl methyl sites for hydroxylation is 1. The fourth-order valence-corrected chi connectivity index (χ4v) is 1.37. The first-order valence-corrected chi connectivity index (χ1v) is 5.05. The lowest BCUT2D eigenvalue weighted by Gasteiger charge is -2.05. The van der Waals surface area contributed by atoms with Crippen LogP contribution in [0.3, 0.4) is 0 Å². The van der Waals surface area contributed by atoms with Gasteiger partial charge in [-0.1, -0.05) is 35.9 Å². The summed E-state index contributed by atoms with van der Waals surface area (Å²) in [5.41, 5.74) is 2.56. The van der Waals surface area contributed by atoms with E-state index >= 15 is 0 Å². The van der Waals surface area contributed by atoms with Crippen LogP contribution in [0.25, 0.3) is 0 Å². The summed E-state index contributed by atoms with van der Waals surface area (Å²) in [5, 5.41) is 3.27. The van der Waals surface area contributed by atoms with Crippen molar-refractivity contribution >= 4 is 5.82 Å². The molecule has 15 heavy (non-hydrogen) atoms. The van der Waals surface area contributed by atoms with Gasteiger partial charge in [0, 0.05) is 12.7 Å². The fraction of sp³-hybridized carbons (Fsp3) is 0.154. The van der Waals surface area contributed by atoms with Gasteiger partial charge in [0.15, 0.2) is 0 Å². The first kappa shape index (κ1) is 9.71. The highest BCUT2D eigenvalue weighted by molar-refractivity contribution is 5.35. The first-order chi connectivity index (χ1) is 7.34. The Labute approximate surface area is 90.0 Å². The highest BCUT2D eigenvalue weighted by atomic mass is 15.0. The maximum absolute atomic E-state index is 4.20. The predicted octanol–water partition coefficient (Wildman–Crippen LogP) is 3.00. The van der Waals surface area contributed by atoms with E-state index in [0.29, 0.717) is 0 Å². The van der Waals surface area contributed by atoms with Crippen molar-refractivity contribution < 1.29 is 0 Å². The van der Waals surface area contributed by atoms with Crippen LogP contribution in [0, 0.1) is 6.92 Å². The molecule has 0 bridgehead atoms. The summed E-state index contributed by atoms with van der Waals surface area (Å²) in [6.45, 7) is 2.91. The minimum Gasteiger partial charge on any atom is -0.366 e. The number of aromatic nitrogens is 1. The normalized spacial score (nSPS) is 9.93. The molecule has 0 radical (unpaired) electrons. The molecule has 0 atom stereocenters. The van der Waals surface area contributed by atoms with Gasteiger partial charge in [0.25, 0.3) is 0 Å². The zero-order valence-corrected chi connectivity index (χ0v) is 8.77. The quantitative estimate of drug-likeness (QED) is 0.820. The van der Waals surface area contributed by atoms with Crippen LogP contribution in [0.1, 0.15) is 11.1 Å². The average Bonchev–Trinajstić information content (AvgIpc) is 2.30. The predicted molar refractivity (Wildman–Crippen MR) is 62.7 cm³/mol. The topological polar surface area (TPSA) is 24.9 Å². The Morgan fingerprint density at radius 3 is 2.53 bits per heavy atom. The van der Waals surface area contributed by atoms with Crippen LogP contribution in [-0.2, 0) is 6.54 Å². The van der Waals surface area contributed by atoms with Crippen molar-refractivity contribution in [1.82, 2.24) is 4.98 Å². The summed E-state index contributed by atoms with van der Waals surface area (Å²) in [7, 11) is 0. The Morgan fingerprint density at radius 1 is 1.07 bits per heavy atom. The second kappa shape index (κ2) is 4.60. The summed E-state index contributed by atoms with van der Waals surface area (Å²) < 4.78 is 0. The minimum absolute atomic E-state index is 0.817. The molecule has 1 aromatic heterocycles. The van der Waals surface area contributed by atoms with Gasteiger partial charge in [0.1, 0.15) is 5.82 Å². The highest BCUT2D eigenvalue weighted by Crippen LogP contribution is 2.06. The molecule has 1 heterocycles. The third-order valence-corrected chi connectivity index (χ3v) is 2.26. The Balaban J connectivity index is 1.96. The molecule has 0 saturated heterocycles. The molecule has 0 amide bonds. The van der Waals surface area contributed by atoms with Gasteiger partial charge in [-0.05, 0) is 24.6 Å². The van der Waals surface area contributed by atoms with Crippen LogP contribution in [0.4, 0.5) is 5.82 Å².